The molecule has 0 fully saturated rings. The first-order valence-corrected chi connectivity index (χ1v) is 9.06. The van der Waals surface area contributed by atoms with Crippen LogP contribution in [0.1, 0.15) is 34.8 Å². The molecule has 3 aromatic rings. The highest BCUT2D eigenvalue weighted by Gasteiger charge is 2.47. The molecule has 2 N–H and O–H groups in total. The molecule has 2 aromatic heterocycles. The number of rotatable bonds is 3. The highest BCUT2D eigenvalue weighted by Crippen LogP contribution is 2.43. The van der Waals surface area contributed by atoms with Crippen molar-refractivity contribution in [2.24, 2.45) is 0 Å². The fraction of sp³-hybridized carbons (Fsp3) is 0.263. The topological polar surface area (TPSA) is 90.5 Å². The van der Waals surface area contributed by atoms with Gasteiger partial charge in [-0.2, -0.15) is 18.3 Å². The minimum atomic E-state index is -4.54. The van der Waals surface area contributed by atoms with Crippen molar-refractivity contribution < 1.29 is 31.9 Å². The number of alkyl halides is 3. The third kappa shape index (κ3) is 3.21. The second-order valence-corrected chi connectivity index (χ2v) is 6.89. The number of furan rings is 1. The number of benzene rings is 1. The lowest BCUT2D eigenvalue weighted by Crippen LogP contribution is -2.35. The molecule has 0 bridgehead atoms. The number of aromatic nitrogens is 2. The zero-order valence-electron chi connectivity index (χ0n) is 15.3. The molecule has 8 nitrogen and oxygen atoms in total. The maximum atomic E-state index is 13.7. The lowest BCUT2D eigenvalue weighted by Gasteiger charge is -2.32. The fourth-order valence-corrected chi connectivity index (χ4v) is 3.53. The Balaban J connectivity index is 1.42. The molecule has 1 aromatic carbocycles. The van der Waals surface area contributed by atoms with Gasteiger partial charge < -0.3 is 24.5 Å². The Morgan fingerprint density at radius 2 is 2.03 bits per heavy atom. The molecule has 2 unspecified atom stereocenters. The molecule has 0 radical (unpaired) electrons. The maximum absolute atomic E-state index is 13.7. The Bertz CT molecular complexity index is 1090. The van der Waals surface area contributed by atoms with Crippen LogP contribution in [0, 0.1) is 0 Å². The molecule has 30 heavy (non-hydrogen) atoms. The summed E-state index contributed by atoms with van der Waals surface area (Å²) in [4.78, 5) is 12.6. The summed E-state index contributed by atoms with van der Waals surface area (Å²) in [6.45, 7) is 0.0852. The second kappa shape index (κ2) is 6.71. The van der Waals surface area contributed by atoms with E-state index in [9.17, 15) is 18.0 Å². The van der Waals surface area contributed by atoms with E-state index in [4.69, 9.17) is 13.9 Å². The first-order valence-electron chi connectivity index (χ1n) is 9.06. The van der Waals surface area contributed by atoms with Crippen LogP contribution in [-0.2, 0) is 0 Å². The van der Waals surface area contributed by atoms with Crippen LogP contribution in [0.3, 0.4) is 0 Å². The number of nitrogens with one attached hydrogen (secondary N) is 2. The average Bonchev–Trinajstić information content (AvgIpc) is 3.44. The van der Waals surface area contributed by atoms with E-state index in [1.54, 1.807) is 30.3 Å². The molecule has 11 heteroatoms. The van der Waals surface area contributed by atoms with Gasteiger partial charge in [-0.25, -0.2) is 4.68 Å². The van der Waals surface area contributed by atoms with Gasteiger partial charge in [-0.1, -0.05) is 0 Å². The summed E-state index contributed by atoms with van der Waals surface area (Å²) in [5.74, 6) is 0.834. The third-order valence-corrected chi connectivity index (χ3v) is 4.94. The van der Waals surface area contributed by atoms with E-state index in [2.05, 4.69) is 15.7 Å². The van der Waals surface area contributed by atoms with Crippen LogP contribution in [0.2, 0.25) is 0 Å². The second-order valence-electron chi connectivity index (χ2n) is 6.89. The molecular weight excluding hydrogens is 405 g/mol. The number of fused-ring (bicyclic) bond motifs is 2. The van der Waals surface area contributed by atoms with E-state index in [1.165, 1.54) is 12.3 Å². The number of hydrogen-bond acceptors (Lipinski definition) is 6. The summed E-state index contributed by atoms with van der Waals surface area (Å²) in [5.41, 5.74) is 0.258. The smallest absolute Gasteiger partial charge is 0.410 e. The van der Waals surface area contributed by atoms with Crippen molar-refractivity contribution in [2.45, 2.75) is 24.7 Å². The molecule has 5 rings (SSSR count). The van der Waals surface area contributed by atoms with Gasteiger partial charge in [-0.3, -0.25) is 4.79 Å². The van der Waals surface area contributed by atoms with Crippen molar-refractivity contribution in [2.75, 3.05) is 17.4 Å². The minimum Gasteiger partial charge on any atom is -0.467 e. The number of carbonyl (C=O) groups excluding carboxylic acids is 1. The molecule has 0 saturated heterocycles. The largest absolute Gasteiger partial charge is 0.467 e. The predicted molar refractivity (Wildman–Crippen MR) is 97.5 cm³/mol. The Morgan fingerprint density at radius 3 is 2.80 bits per heavy atom. The van der Waals surface area contributed by atoms with E-state index in [0.29, 0.717) is 22.9 Å². The fourth-order valence-electron chi connectivity index (χ4n) is 3.53. The minimum absolute atomic E-state index is 0.0841. The van der Waals surface area contributed by atoms with Crippen molar-refractivity contribution in [1.82, 2.24) is 9.78 Å². The van der Waals surface area contributed by atoms with Gasteiger partial charge in [-0.15, -0.1) is 0 Å². The molecule has 0 spiro atoms. The van der Waals surface area contributed by atoms with Crippen LogP contribution < -0.4 is 20.1 Å². The quantitative estimate of drug-likeness (QED) is 0.663. The molecule has 0 saturated carbocycles. The Kier molecular flexibility index (Phi) is 4.12. The van der Waals surface area contributed by atoms with Crippen molar-refractivity contribution in [3.8, 4) is 11.5 Å². The van der Waals surface area contributed by atoms with Gasteiger partial charge >= 0.3 is 6.18 Å². The van der Waals surface area contributed by atoms with E-state index in [1.807, 2.05) is 0 Å². The zero-order chi connectivity index (χ0) is 20.9. The lowest BCUT2D eigenvalue weighted by molar-refractivity contribution is -0.174. The first-order chi connectivity index (χ1) is 14.4. The Labute approximate surface area is 167 Å². The lowest BCUT2D eigenvalue weighted by atomic mass is 10.0. The van der Waals surface area contributed by atoms with Crippen molar-refractivity contribution >= 4 is 17.4 Å². The van der Waals surface area contributed by atoms with E-state index < -0.39 is 24.2 Å². The van der Waals surface area contributed by atoms with Crippen LogP contribution in [0.5, 0.6) is 11.5 Å². The summed E-state index contributed by atoms with van der Waals surface area (Å²) in [6.07, 6.45) is -3.45. The molecule has 4 heterocycles. The molecule has 2 aliphatic heterocycles. The Morgan fingerprint density at radius 1 is 1.20 bits per heavy atom. The SMILES string of the molecule is O=C(Nc1ccc2c(c1)OCO2)c1cc2n(n1)C(C(F)(F)F)CC(c1ccco1)N2. The van der Waals surface area contributed by atoms with E-state index in [-0.39, 0.29) is 24.7 Å². The number of anilines is 2. The molecule has 2 atom stereocenters. The van der Waals surface area contributed by atoms with Crippen LogP contribution in [0.15, 0.2) is 47.1 Å². The van der Waals surface area contributed by atoms with Gasteiger partial charge in [0.2, 0.25) is 6.79 Å². The van der Waals surface area contributed by atoms with Gasteiger partial charge in [0.05, 0.1) is 12.3 Å². The number of carbonyl (C=O) groups is 1. The third-order valence-electron chi connectivity index (χ3n) is 4.94. The van der Waals surface area contributed by atoms with Crippen molar-refractivity contribution in [1.29, 1.82) is 0 Å². The predicted octanol–water partition coefficient (Wildman–Crippen LogP) is 4.12. The van der Waals surface area contributed by atoms with Gasteiger partial charge in [0.25, 0.3) is 5.91 Å². The summed E-state index contributed by atoms with van der Waals surface area (Å²) in [7, 11) is 0. The van der Waals surface area contributed by atoms with Crippen LogP contribution >= 0.6 is 0 Å². The number of halogens is 3. The van der Waals surface area contributed by atoms with E-state index >= 15 is 0 Å². The molecule has 0 aliphatic carbocycles. The molecule has 2 aliphatic rings. The van der Waals surface area contributed by atoms with Gasteiger partial charge in [-0.05, 0) is 24.3 Å². The standard InChI is InChI=1S/C19H15F3N4O4/c20-19(21,22)16-7-11(13-2-1-5-28-13)24-17-8-12(25-26(16)17)18(27)23-10-3-4-14-15(6-10)30-9-29-14/h1-6,8,11,16,24H,7,9H2,(H,23,27). The van der Waals surface area contributed by atoms with E-state index in [0.717, 1.165) is 4.68 Å². The molecule has 156 valence electrons. The number of ether oxygens (including phenoxy) is 2. The molecular formula is C19H15F3N4O4. The summed E-state index contributed by atoms with van der Waals surface area (Å²) < 4.78 is 57.5. The van der Waals surface area contributed by atoms with Gasteiger partial charge in [0.1, 0.15) is 11.6 Å². The number of amides is 1. The first kappa shape index (κ1) is 18.4. The van der Waals surface area contributed by atoms with Gasteiger partial charge in [0, 0.05) is 24.2 Å². The van der Waals surface area contributed by atoms with Gasteiger partial charge in [0.15, 0.2) is 23.2 Å². The van der Waals surface area contributed by atoms with Crippen LogP contribution in [0.4, 0.5) is 24.7 Å². The monoisotopic (exact) mass is 420 g/mol. The van der Waals surface area contributed by atoms with Crippen LogP contribution in [-0.4, -0.2) is 28.7 Å². The average molecular weight is 420 g/mol. The summed E-state index contributed by atoms with van der Waals surface area (Å²) in [5, 5.41) is 9.49. The zero-order valence-corrected chi connectivity index (χ0v) is 15.3. The maximum Gasteiger partial charge on any atom is 0.410 e. The van der Waals surface area contributed by atoms with Crippen LogP contribution in [0.25, 0.3) is 0 Å². The summed E-state index contributed by atoms with van der Waals surface area (Å²) in [6, 6.07) is 6.71. The summed E-state index contributed by atoms with van der Waals surface area (Å²) >= 11 is 0. The van der Waals surface area contributed by atoms with Crippen molar-refractivity contribution in [3.63, 3.8) is 0 Å². The highest BCUT2D eigenvalue weighted by molar-refractivity contribution is 6.03. The number of hydrogen-bond donors (Lipinski definition) is 2. The Hall–Kier alpha value is -3.63. The normalized spacial score (nSPS) is 19.8. The molecule has 1 amide bonds. The van der Waals surface area contributed by atoms with Crippen molar-refractivity contribution in [3.05, 3.63) is 54.1 Å². The highest BCUT2D eigenvalue weighted by atomic mass is 19.4. The number of nitrogens with zero attached hydrogens (tertiary/aromatic N) is 2.